The van der Waals surface area contributed by atoms with Gasteiger partial charge in [-0.2, -0.15) is 5.10 Å². The van der Waals surface area contributed by atoms with Crippen LogP contribution in [0.4, 0.5) is 0 Å². The number of nitrogens with zero attached hydrogens (tertiary/aromatic N) is 1. The van der Waals surface area contributed by atoms with Crippen LogP contribution < -0.4 is 5.43 Å². The van der Waals surface area contributed by atoms with Gasteiger partial charge in [0.2, 0.25) is 5.91 Å². The lowest BCUT2D eigenvalue weighted by atomic mass is 10.1. The Bertz CT molecular complexity index is 641. The maximum Gasteiger partial charge on any atom is 0.250 e. The molecule has 0 aliphatic heterocycles. The molecule has 2 aromatic rings. The van der Waals surface area contributed by atoms with Gasteiger partial charge < -0.3 is 0 Å². The predicted octanol–water partition coefficient (Wildman–Crippen LogP) is 3.89. The molecule has 0 aliphatic rings. The summed E-state index contributed by atoms with van der Waals surface area (Å²) < 4.78 is 0. The van der Waals surface area contributed by atoms with Crippen molar-refractivity contribution in [1.29, 1.82) is 0 Å². The zero-order chi connectivity index (χ0) is 15.1. The topological polar surface area (TPSA) is 41.5 Å². The average molecular weight is 319 g/mol. The van der Waals surface area contributed by atoms with Crippen molar-refractivity contribution < 1.29 is 4.79 Å². The Kier molecular flexibility index (Phi) is 5.84. The monoisotopic (exact) mass is 318 g/mol. The van der Waals surface area contributed by atoms with Crippen molar-refractivity contribution in [1.82, 2.24) is 5.43 Å². The van der Waals surface area contributed by atoms with Gasteiger partial charge in [0.25, 0.3) is 0 Å². The van der Waals surface area contributed by atoms with Crippen LogP contribution in [-0.2, 0) is 4.79 Å². The standard InChI is InChI=1S/C16H15ClN2OS/c1-12-4-2-3-5-13(12)10-18-19-16(20)11-21-15-8-6-14(17)7-9-15/h2-10H,11H2,1H3,(H,19,20)/b18-10-. The Morgan fingerprint density at radius 3 is 2.67 bits per heavy atom. The molecule has 0 atom stereocenters. The second kappa shape index (κ2) is 7.86. The number of amides is 1. The van der Waals surface area contributed by atoms with Crippen molar-refractivity contribution in [3.8, 4) is 0 Å². The van der Waals surface area contributed by atoms with E-state index < -0.39 is 0 Å². The Hall–Kier alpha value is -1.78. The summed E-state index contributed by atoms with van der Waals surface area (Å²) in [6, 6.07) is 15.2. The fourth-order valence-electron chi connectivity index (χ4n) is 1.62. The van der Waals surface area contributed by atoms with E-state index in [1.807, 2.05) is 43.3 Å². The molecule has 0 aromatic heterocycles. The van der Waals surface area contributed by atoms with E-state index in [1.54, 1.807) is 18.3 Å². The first kappa shape index (κ1) is 15.6. The van der Waals surface area contributed by atoms with Crippen LogP contribution in [0.25, 0.3) is 0 Å². The van der Waals surface area contributed by atoms with Crippen LogP contribution in [-0.4, -0.2) is 17.9 Å². The second-order valence-electron chi connectivity index (χ2n) is 4.39. The molecule has 0 bridgehead atoms. The van der Waals surface area contributed by atoms with E-state index in [1.165, 1.54) is 11.8 Å². The van der Waals surface area contributed by atoms with Gasteiger partial charge in [0, 0.05) is 9.92 Å². The molecule has 1 amide bonds. The molecule has 2 aromatic carbocycles. The lowest BCUT2D eigenvalue weighted by Gasteiger charge is -2.01. The highest BCUT2D eigenvalue weighted by Gasteiger charge is 2.01. The van der Waals surface area contributed by atoms with Crippen molar-refractivity contribution in [2.75, 3.05) is 5.75 Å². The molecular weight excluding hydrogens is 304 g/mol. The lowest BCUT2D eigenvalue weighted by Crippen LogP contribution is -2.19. The number of thioether (sulfide) groups is 1. The van der Waals surface area contributed by atoms with Crippen LogP contribution in [0.2, 0.25) is 5.02 Å². The summed E-state index contributed by atoms with van der Waals surface area (Å²) >= 11 is 7.25. The number of carbonyl (C=O) groups is 1. The Morgan fingerprint density at radius 2 is 1.95 bits per heavy atom. The first-order valence-corrected chi connectivity index (χ1v) is 7.77. The third-order valence-corrected chi connectivity index (χ3v) is 4.03. The van der Waals surface area contributed by atoms with Gasteiger partial charge in [0.05, 0.1) is 12.0 Å². The minimum absolute atomic E-state index is 0.139. The highest BCUT2D eigenvalue weighted by atomic mass is 35.5. The summed E-state index contributed by atoms with van der Waals surface area (Å²) in [6.45, 7) is 2.00. The van der Waals surface area contributed by atoms with Crippen LogP contribution in [0.1, 0.15) is 11.1 Å². The molecule has 0 radical (unpaired) electrons. The molecule has 0 spiro atoms. The molecular formula is C16H15ClN2OS. The number of benzene rings is 2. The van der Waals surface area contributed by atoms with Gasteiger partial charge in [-0.05, 0) is 42.3 Å². The third kappa shape index (κ3) is 5.25. The maximum atomic E-state index is 11.7. The van der Waals surface area contributed by atoms with Crippen molar-refractivity contribution >= 4 is 35.5 Å². The van der Waals surface area contributed by atoms with E-state index >= 15 is 0 Å². The average Bonchev–Trinajstić information content (AvgIpc) is 2.49. The quantitative estimate of drug-likeness (QED) is 0.516. The maximum absolute atomic E-state index is 11.7. The van der Waals surface area contributed by atoms with Gasteiger partial charge in [0.15, 0.2) is 0 Å². The molecule has 0 unspecified atom stereocenters. The number of hydrazone groups is 1. The number of carbonyl (C=O) groups excluding carboxylic acids is 1. The fourth-order valence-corrected chi connectivity index (χ4v) is 2.43. The van der Waals surface area contributed by atoms with E-state index in [0.717, 1.165) is 16.0 Å². The number of nitrogens with one attached hydrogen (secondary N) is 1. The first-order chi connectivity index (χ1) is 10.1. The summed E-state index contributed by atoms with van der Waals surface area (Å²) in [5, 5.41) is 4.66. The van der Waals surface area contributed by atoms with Crippen molar-refractivity contribution in [3.63, 3.8) is 0 Å². The van der Waals surface area contributed by atoms with Crippen LogP contribution in [0.5, 0.6) is 0 Å². The molecule has 0 saturated carbocycles. The van der Waals surface area contributed by atoms with Crippen molar-refractivity contribution in [3.05, 3.63) is 64.7 Å². The van der Waals surface area contributed by atoms with Crippen LogP contribution in [0.15, 0.2) is 58.5 Å². The molecule has 1 N–H and O–H groups in total. The Morgan fingerprint density at radius 1 is 1.24 bits per heavy atom. The molecule has 2 rings (SSSR count). The van der Waals surface area contributed by atoms with Gasteiger partial charge in [-0.25, -0.2) is 5.43 Å². The number of rotatable bonds is 5. The number of hydrogen-bond donors (Lipinski definition) is 1. The largest absolute Gasteiger partial charge is 0.272 e. The second-order valence-corrected chi connectivity index (χ2v) is 5.88. The fraction of sp³-hybridized carbons (Fsp3) is 0.125. The van der Waals surface area contributed by atoms with Crippen LogP contribution >= 0.6 is 23.4 Å². The zero-order valence-electron chi connectivity index (χ0n) is 11.5. The van der Waals surface area contributed by atoms with Crippen molar-refractivity contribution in [2.45, 2.75) is 11.8 Å². The van der Waals surface area contributed by atoms with E-state index in [0.29, 0.717) is 10.8 Å². The Labute approximate surface area is 133 Å². The van der Waals surface area contributed by atoms with Gasteiger partial charge in [0.1, 0.15) is 0 Å². The van der Waals surface area contributed by atoms with Crippen LogP contribution in [0.3, 0.4) is 0 Å². The summed E-state index contributed by atoms with van der Waals surface area (Å²) in [6.07, 6.45) is 1.65. The minimum atomic E-state index is -0.139. The predicted molar refractivity (Wildman–Crippen MR) is 89.1 cm³/mol. The van der Waals surface area contributed by atoms with Crippen molar-refractivity contribution in [2.24, 2.45) is 5.10 Å². The first-order valence-electron chi connectivity index (χ1n) is 6.41. The van der Waals surface area contributed by atoms with Crippen LogP contribution in [0, 0.1) is 6.92 Å². The summed E-state index contributed by atoms with van der Waals surface area (Å²) in [4.78, 5) is 12.7. The molecule has 21 heavy (non-hydrogen) atoms. The van der Waals surface area contributed by atoms with E-state index in [4.69, 9.17) is 11.6 Å². The lowest BCUT2D eigenvalue weighted by molar-refractivity contribution is -0.118. The number of aryl methyl sites for hydroxylation is 1. The van der Waals surface area contributed by atoms with Gasteiger partial charge in [-0.3, -0.25) is 4.79 Å². The van der Waals surface area contributed by atoms with Gasteiger partial charge in [-0.1, -0.05) is 35.9 Å². The molecule has 0 saturated heterocycles. The normalized spacial score (nSPS) is 10.8. The Balaban J connectivity index is 1.80. The van der Waals surface area contributed by atoms with E-state index in [9.17, 15) is 4.79 Å². The third-order valence-electron chi connectivity index (χ3n) is 2.76. The summed E-state index contributed by atoms with van der Waals surface area (Å²) in [7, 11) is 0. The molecule has 0 heterocycles. The smallest absolute Gasteiger partial charge is 0.250 e. The SMILES string of the molecule is Cc1ccccc1/C=N\NC(=O)CSc1ccc(Cl)cc1. The number of halogens is 1. The zero-order valence-corrected chi connectivity index (χ0v) is 13.1. The van der Waals surface area contributed by atoms with E-state index in [2.05, 4.69) is 10.5 Å². The highest BCUT2D eigenvalue weighted by molar-refractivity contribution is 8.00. The van der Waals surface area contributed by atoms with Gasteiger partial charge >= 0.3 is 0 Å². The molecule has 0 fully saturated rings. The highest BCUT2D eigenvalue weighted by Crippen LogP contribution is 2.19. The molecule has 5 heteroatoms. The molecule has 0 aliphatic carbocycles. The molecule has 108 valence electrons. The molecule has 3 nitrogen and oxygen atoms in total. The number of hydrogen-bond acceptors (Lipinski definition) is 3. The van der Waals surface area contributed by atoms with E-state index in [-0.39, 0.29) is 5.91 Å². The summed E-state index contributed by atoms with van der Waals surface area (Å²) in [5.74, 6) is 0.173. The van der Waals surface area contributed by atoms with Gasteiger partial charge in [-0.15, -0.1) is 11.8 Å². The summed E-state index contributed by atoms with van der Waals surface area (Å²) in [5.41, 5.74) is 4.63. The minimum Gasteiger partial charge on any atom is -0.272 e.